The van der Waals surface area contributed by atoms with Gasteiger partial charge in [-0.2, -0.15) is 0 Å². The Morgan fingerprint density at radius 2 is 2.14 bits per heavy atom. The fraction of sp³-hybridized carbons (Fsp3) is 0.286. The number of pyridine rings is 1. The molecule has 0 saturated heterocycles. The molecular formula is C14H13ClF2N2O2. The average molecular weight is 315 g/mol. The van der Waals surface area contributed by atoms with Gasteiger partial charge in [0.1, 0.15) is 11.8 Å². The maximum Gasteiger partial charge on any atom is 0.261 e. The highest BCUT2D eigenvalue weighted by atomic mass is 35.5. The molecule has 2 aromatic rings. The van der Waals surface area contributed by atoms with Crippen molar-refractivity contribution >= 4 is 28.4 Å². The van der Waals surface area contributed by atoms with Crippen LogP contribution in [0.4, 0.5) is 8.78 Å². The SMILES string of the molecule is O=C(NCCOCC(F)F)c1cc(Cl)nc2ccccc12. The van der Waals surface area contributed by atoms with Crippen LogP contribution in [0.1, 0.15) is 10.4 Å². The quantitative estimate of drug-likeness (QED) is 0.659. The van der Waals surface area contributed by atoms with Gasteiger partial charge in [-0.25, -0.2) is 13.8 Å². The lowest BCUT2D eigenvalue weighted by Gasteiger charge is -2.09. The number of ether oxygens (including phenoxy) is 1. The maximum absolute atomic E-state index is 12.1. The number of hydrogen-bond donors (Lipinski definition) is 1. The van der Waals surface area contributed by atoms with Crippen LogP contribution < -0.4 is 5.32 Å². The number of nitrogens with one attached hydrogen (secondary N) is 1. The number of amides is 1. The van der Waals surface area contributed by atoms with E-state index in [0.29, 0.717) is 16.5 Å². The maximum atomic E-state index is 12.1. The third-order valence-corrected chi connectivity index (χ3v) is 2.90. The number of para-hydroxylation sites is 1. The van der Waals surface area contributed by atoms with Crippen molar-refractivity contribution in [3.05, 3.63) is 41.0 Å². The average Bonchev–Trinajstić information content (AvgIpc) is 2.45. The summed E-state index contributed by atoms with van der Waals surface area (Å²) in [5.74, 6) is -0.351. The van der Waals surface area contributed by atoms with Crippen molar-refractivity contribution in [1.29, 1.82) is 0 Å². The lowest BCUT2D eigenvalue weighted by atomic mass is 10.1. The van der Waals surface area contributed by atoms with Crippen LogP contribution in [-0.2, 0) is 4.74 Å². The zero-order valence-corrected chi connectivity index (χ0v) is 11.7. The lowest BCUT2D eigenvalue weighted by Crippen LogP contribution is -2.28. The molecule has 0 unspecified atom stereocenters. The van der Waals surface area contributed by atoms with Crippen molar-refractivity contribution in [2.45, 2.75) is 6.43 Å². The molecule has 0 aliphatic rings. The second-order valence-electron chi connectivity index (χ2n) is 4.23. The molecule has 1 aromatic carbocycles. The Morgan fingerprint density at radius 3 is 2.90 bits per heavy atom. The molecular weight excluding hydrogens is 302 g/mol. The first-order valence-electron chi connectivity index (χ1n) is 6.27. The van der Waals surface area contributed by atoms with Gasteiger partial charge in [-0.1, -0.05) is 29.8 Å². The first-order valence-corrected chi connectivity index (χ1v) is 6.65. The van der Waals surface area contributed by atoms with E-state index >= 15 is 0 Å². The predicted octanol–water partition coefficient (Wildman–Crippen LogP) is 2.90. The van der Waals surface area contributed by atoms with Crippen LogP contribution in [0.3, 0.4) is 0 Å². The van der Waals surface area contributed by atoms with E-state index in [2.05, 4.69) is 15.0 Å². The molecule has 0 saturated carbocycles. The van der Waals surface area contributed by atoms with Gasteiger partial charge in [-0.15, -0.1) is 0 Å². The van der Waals surface area contributed by atoms with Crippen LogP contribution >= 0.6 is 11.6 Å². The summed E-state index contributed by atoms with van der Waals surface area (Å²) < 4.78 is 28.4. The molecule has 2 rings (SSSR count). The Bertz CT molecular complexity index is 637. The number of fused-ring (bicyclic) bond motifs is 1. The summed E-state index contributed by atoms with van der Waals surface area (Å²) in [5, 5.41) is 3.49. The Balaban J connectivity index is 2.02. The summed E-state index contributed by atoms with van der Waals surface area (Å²) in [4.78, 5) is 16.2. The van der Waals surface area contributed by atoms with Crippen molar-refractivity contribution in [1.82, 2.24) is 10.3 Å². The Labute approximate surface area is 125 Å². The minimum absolute atomic E-state index is 0.0207. The highest BCUT2D eigenvalue weighted by Gasteiger charge is 2.12. The van der Waals surface area contributed by atoms with E-state index in [-0.39, 0.29) is 24.2 Å². The largest absolute Gasteiger partial charge is 0.374 e. The summed E-state index contributed by atoms with van der Waals surface area (Å²) in [7, 11) is 0. The highest BCUT2D eigenvalue weighted by molar-refractivity contribution is 6.30. The molecule has 7 heteroatoms. The van der Waals surface area contributed by atoms with Crippen LogP contribution in [0.5, 0.6) is 0 Å². The fourth-order valence-electron chi connectivity index (χ4n) is 1.84. The van der Waals surface area contributed by atoms with Gasteiger partial charge in [0.25, 0.3) is 12.3 Å². The number of aromatic nitrogens is 1. The molecule has 1 amide bonds. The molecule has 1 heterocycles. The smallest absolute Gasteiger partial charge is 0.261 e. The summed E-state index contributed by atoms with van der Waals surface area (Å²) in [6.07, 6.45) is -2.51. The molecule has 1 aromatic heterocycles. The van der Waals surface area contributed by atoms with Crippen molar-refractivity contribution in [2.75, 3.05) is 19.8 Å². The van der Waals surface area contributed by atoms with Crippen molar-refractivity contribution in [3.8, 4) is 0 Å². The minimum Gasteiger partial charge on any atom is -0.374 e. The monoisotopic (exact) mass is 314 g/mol. The van der Waals surface area contributed by atoms with Gasteiger partial charge in [0.2, 0.25) is 0 Å². The predicted molar refractivity (Wildman–Crippen MR) is 75.9 cm³/mol. The first-order chi connectivity index (χ1) is 10.1. The number of halogens is 3. The molecule has 0 aliphatic heterocycles. The van der Waals surface area contributed by atoms with Crippen LogP contribution in [0, 0.1) is 0 Å². The summed E-state index contributed by atoms with van der Waals surface area (Å²) in [6, 6.07) is 8.58. The standard InChI is InChI=1S/C14H13ClF2N2O2/c15-12-7-10(9-3-1-2-4-11(9)19-12)14(20)18-5-6-21-8-13(16)17/h1-4,7,13H,5-6,8H2,(H,18,20). The molecule has 0 fully saturated rings. The summed E-state index contributed by atoms with van der Waals surface area (Å²) in [5.41, 5.74) is 1.00. The third-order valence-electron chi connectivity index (χ3n) is 2.71. The minimum atomic E-state index is -2.51. The molecule has 0 spiro atoms. The topological polar surface area (TPSA) is 51.2 Å². The Hall–Kier alpha value is -1.79. The van der Waals surface area contributed by atoms with Crippen molar-refractivity contribution < 1.29 is 18.3 Å². The number of benzene rings is 1. The number of carbonyl (C=O) groups excluding carboxylic acids is 1. The van der Waals surface area contributed by atoms with Gasteiger partial charge >= 0.3 is 0 Å². The van der Waals surface area contributed by atoms with Gasteiger partial charge in [0.05, 0.1) is 17.7 Å². The van der Waals surface area contributed by atoms with E-state index in [1.165, 1.54) is 6.07 Å². The van der Waals surface area contributed by atoms with Gasteiger partial charge in [-0.05, 0) is 12.1 Å². The zero-order chi connectivity index (χ0) is 15.2. The van der Waals surface area contributed by atoms with Crippen LogP contribution in [0.15, 0.2) is 30.3 Å². The van der Waals surface area contributed by atoms with E-state index in [1.54, 1.807) is 24.3 Å². The second-order valence-corrected chi connectivity index (χ2v) is 4.62. The molecule has 0 bridgehead atoms. The second kappa shape index (κ2) is 7.28. The normalized spacial score (nSPS) is 11.0. The molecule has 0 atom stereocenters. The third kappa shape index (κ3) is 4.34. The van der Waals surface area contributed by atoms with Crippen LogP contribution in [0.25, 0.3) is 10.9 Å². The van der Waals surface area contributed by atoms with E-state index in [9.17, 15) is 13.6 Å². The number of rotatable bonds is 6. The van der Waals surface area contributed by atoms with Gasteiger partial charge in [0.15, 0.2) is 0 Å². The number of hydrogen-bond acceptors (Lipinski definition) is 3. The van der Waals surface area contributed by atoms with E-state index in [0.717, 1.165) is 0 Å². The number of alkyl halides is 2. The van der Waals surface area contributed by atoms with Crippen molar-refractivity contribution in [3.63, 3.8) is 0 Å². The molecule has 1 N–H and O–H groups in total. The van der Waals surface area contributed by atoms with E-state index in [1.807, 2.05) is 0 Å². The molecule has 0 aliphatic carbocycles. The summed E-state index contributed by atoms with van der Waals surface area (Å²) in [6.45, 7) is -0.480. The molecule has 112 valence electrons. The highest BCUT2D eigenvalue weighted by Crippen LogP contribution is 2.20. The molecule has 21 heavy (non-hydrogen) atoms. The van der Waals surface area contributed by atoms with Gasteiger partial charge < -0.3 is 10.1 Å². The van der Waals surface area contributed by atoms with Gasteiger partial charge in [0, 0.05) is 11.9 Å². The molecule has 0 radical (unpaired) electrons. The lowest BCUT2D eigenvalue weighted by molar-refractivity contribution is 0.0188. The summed E-state index contributed by atoms with van der Waals surface area (Å²) >= 11 is 5.89. The molecule has 4 nitrogen and oxygen atoms in total. The fourth-order valence-corrected chi connectivity index (χ4v) is 2.04. The first kappa shape index (κ1) is 15.6. The van der Waals surface area contributed by atoms with Gasteiger partial charge in [-0.3, -0.25) is 4.79 Å². The zero-order valence-electron chi connectivity index (χ0n) is 11.0. The van der Waals surface area contributed by atoms with Crippen LogP contribution in [-0.4, -0.2) is 37.1 Å². The van der Waals surface area contributed by atoms with E-state index < -0.39 is 13.0 Å². The van der Waals surface area contributed by atoms with Crippen LogP contribution in [0.2, 0.25) is 5.15 Å². The van der Waals surface area contributed by atoms with Crippen molar-refractivity contribution in [2.24, 2.45) is 0 Å². The van der Waals surface area contributed by atoms with E-state index in [4.69, 9.17) is 11.6 Å². The Morgan fingerprint density at radius 1 is 1.38 bits per heavy atom. The Kier molecular flexibility index (Phi) is 5.41. The number of carbonyl (C=O) groups is 1. The number of nitrogens with zero attached hydrogens (tertiary/aromatic N) is 1.